The molecule has 0 spiro atoms. The Morgan fingerprint density at radius 3 is 2.84 bits per heavy atom. The third-order valence-corrected chi connectivity index (χ3v) is 3.98. The minimum Gasteiger partial charge on any atom is -0.464 e. The summed E-state index contributed by atoms with van der Waals surface area (Å²) in [5.74, 6) is 3.41. The molecule has 0 aliphatic heterocycles. The van der Waals surface area contributed by atoms with E-state index in [2.05, 4.69) is 25.2 Å². The van der Waals surface area contributed by atoms with Crippen LogP contribution >= 0.6 is 0 Å². The van der Waals surface area contributed by atoms with Crippen molar-refractivity contribution >= 4 is 0 Å². The number of hydrogen-bond donors (Lipinski definition) is 3. The van der Waals surface area contributed by atoms with Crippen LogP contribution in [0.1, 0.15) is 56.6 Å². The monoisotopic (exact) mass is 266 g/mol. The second-order valence-corrected chi connectivity index (χ2v) is 5.78. The van der Waals surface area contributed by atoms with Gasteiger partial charge in [0.15, 0.2) is 0 Å². The third kappa shape index (κ3) is 3.81. The molecule has 2 rings (SSSR count). The zero-order chi connectivity index (χ0) is 13.8. The maximum absolute atomic E-state index is 8.85. The van der Waals surface area contributed by atoms with E-state index in [-0.39, 0.29) is 12.6 Å². The van der Waals surface area contributed by atoms with Gasteiger partial charge in [0, 0.05) is 25.1 Å². The topological polar surface area (TPSA) is 71.4 Å². The first-order valence-corrected chi connectivity index (χ1v) is 7.32. The molecule has 0 aromatic carbocycles. The highest BCUT2D eigenvalue weighted by Gasteiger charge is 2.36. The van der Waals surface area contributed by atoms with E-state index >= 15 is 0 Å². The first-order valence-electron chi connectivity index (χ1n) is 7.32. The molecule has 4 heteroatoms. The second-order valence-electron chi connectivity index (χ2n) is 5.78. The molecule has 1 aromatic rings. The number of nitrogens with two attached hydrogens (primary N) is 1. The zero-order valence-electron chi connectivity index (χ0n) is 11.9. The van der Waals surface area contributed by atoms with Crippen LogP contribution in [-0.4, -0.2) is 24.3 Å². The number of hydrogen-bond acceptors (Lipinski definition) is 4. The molecule has 0 bridgehead atoms. The number of aliphatic hydroxyl groups is 1. The van der Waals surface area contributed by atoms with E-state index in [0.717, 1.165) is 30.3 Å². The van der Waals surface area contributed by atoms with E-state index in [9.17, 15) is 0 Å². The summed E-state index contributed by atoms with van der Waals surface area (Å²) in [6.45, 7) is 5.13. The summed E-state index contributed by atoms with van der Waals surface area (Å²) in [6, 6.07) is 4.53. The van der Waals surface area contributed by atoms with Crippen LogP contribution in [0.25, 0.3) is 0 Å². The van der Waals surface area contributed by atoms with Gasteiger partial charge in [-0.1, -0.05) is 6.92 Å². The van der Waals surface area contributed by atoms with Crippen molar-refractivity contribution in [1.29, 1.82) is 0 Å². The Morgan fingerprint density at radius 1 is 1.53 bits per heavy atom. The summed E-state index contributed by atoms with van der Waals surface area (Å²) in [5.41, 5.74) is 5.84. The highest BCUT2D eigenvalue weighted by atomic mass is 16.3. The molecule has 4 nitrogen and oxygen atoms in total. The van der Waals surface area contributed by atoms with Gasteiger partial charge < -0.3 is 20.6 Å². The summed E-state index contributed by atoms with van der Waals surface area (Å²) in [6.07, 6.45) is 3.00. The van der Waals surface area contributed by atoms with Gasteiger partial charge in [0.2, 0.25) is 0 Å². The van der Waals surface area contributed by atoms with Crippen LogP contribution in [0.4, 0.5) is 0 Å². The van der Waals surface area contributed by atoms with Crippen molar-refractivity contribution in [3.05, 3.63) is 23.7 Å². The Morgan fingerprint density at radius 2 is 2.26 bits per heavy atom. The molecule has 1 aromatic heterocycles. The molecule has 4 atom stereocenters. The van der Waals surface area contributed by atoms with Crippen LogP contribution in [-0.2, 0) is 0 Å². The predicted octanol–water partition coefficient (Wildman–Crippen LogP) is 2.15. The quantitative estimate of drug-likeness (QED) is 0.674. The molecular weight excluding hydrogens is 240 g/mol. The van der Waals surface area contributed by atoms with Crippen molar-refractivity contribution in [2.45, 2.75) is 51.1 Å². The summed E-state index contributed by atoms with van der Waals surface area (Å²) >= 11 is 0. The Balaban J connectivity index is 1.91. The van der Waals surface area contributed by atoms with Crippen molar-refractivity contribution in [3.8, 4) is 0 Å². The lowest BCUT2D eigenvalue weighted by atomic mass is 10.1. The van der Waals surface area contributed by atoms with Gasteiger partial charge in [-0.05, 0) is 44.2 Å². The van der Waals surface area contributed by atoms with E-state index in [4.69, 9.17) is 15.3 Å². The average Bonchev–Trinajstić information content (AvgIpc) is 2.93. The van der Waals surface area contributed by atoms with Crippen molar-refractivity contribution in [3.63, 3.8) is 0 Å². The predicted molar refractivity (Wildman–Crippen MR) is 75.9 cm³/mol. The number of furan rings is 1. The highest BCUT2D eigenvalue weighted by molar-refractivity contribution is 5.19. The summed E-state index contributed by atoms with van der Waals surface area (Å²) < 4.78 is 5.94. The van der Waals surface area contributed by atoms with Crippen molar-refractivity contribution in [2.24, 2.45) is 11.7 Å². The highest BCUT2D eigenvalue weighted by Crippen LogP contribution is 2.47. The Labute approximate surface area is 115 Å². The van der Waals surface area contributed by atoms with Gasteiger partial charge in [-0.25, -0.2) is 0 Å². The molecule has 0 radical (unpaired) electrons. The van der Waals surface area contributed by atoms with Crippen LogP contribution in [0.2, 0.25) is 0 Å². The number of aliphatic hydroxyl groups excluding tert-OH is 1. The Kier molecular flexibility index (Phi) is 5.02. The van der Waals surface area contributed by atoms with E-state index in [1.54, 1.807) is 0 Å². The standard InChI is InChI=1S/C15H26N2O2/c1-10-8-12(10)14-5-6-15(19-14)13(9-16)17-11(2)4-3-7-18/h5-6,10-13,17-18H,3-4,7-9,16H2,1-2H3. The molecule has 0 saturated heterocycles. The summed E-state index contributed by atoms with van der Waals surface area (Å²) in [5, 5.41) is 12.3. The second kappa shape index (κ2) is 6.55. The van der Waals surface area contributed by atoms with E-state index in [1.165, 1.54) is 6.42 Å². The van der Waals surface area contributed by atoms with Crippen LogP contribution in [0.15, 0.2) is 16.5 Å². The molecule has 1 heterocycles. The van der Waals surface area contributed by atoms with Gasteiger partial charge >= 0.3 is 0 Å². The molecule has 1 saturated carbocycles. The Bertz CT molecular complexity index is 391. The minimum absolute atomic E-state index is 0.0662. The van der Waals surface area contributed by atoms with Crippen molar-refractivity contribution < 1.29 is 9.52 Å². The van der Waals surface area contributed by atoms with E-state index in [1.807, 2.05) is 6.07 Å². The van der Waals surface area contributed by atoms with Gasteiger partial charge in [0.25, 0.3) is 0 Å². The lowest BCUT2D eigenvalue weighted by Crippen LogP contribution is -2.34. The SMILES string of the molecule is CC(CCCO)NC(CN)c1ccc(C2CC2C)o1. The lowest BCUT2D eigenvalue weighted by molar-refractivity contribution is 0.271. The van der Waals surface area contributed by atoms with Gasteiger partial charge in [-0.3, -0.25) is 0 Å². The summed E-state index contributed by atoms with van der Waals surface area (Å²) in [7, 11) is 0. The van der Waals surface area contributed by atoms with Gasteiger partial charge in [0.05, 0.1) is 6.04 Å². The van der Waals surface area contributed by atoms with E-state index < -0.39 is 0 Å². The third-order valence-electron chi connectivity index (χ3n) is 3.98. The maximum atomic E-state index is 8.85. The van der Waals surface area contributed by atoms with Gasteiger partial charge in [0.1, 0.15) is 11.5 Å². The maximum Gasteiger partial charge on any atom is 0.122 e. The van der Waals surface area contributed by atoms with Crippen LogP contribution in [0.5, 0.6) is 0 Å². The minimum atomic E-state index is 0.0662. The molecule has 4 unspecified atom stereocenters. The van der Waals surface area contributed by atoms with Crippen LogP contribution in [0, 0.1) is 5.92 Å². The molecule has 4 N–H and O–H groups in total. The number of nitrogens with one attached hydrogen (secondary N) is 1. The van der Waals surface area contributed by atoms with Crippen molar-refractivity contribution in [2.75, 3.05) is 13.2 Å². The zero-order valence-corrected chi connectivity index (χ0v) is 11.9. The smallest absolute Gasteiger partial charge is 0.122 e. The molecule has 1 fully saturated rings. The molecule has 1 aliphatic carbocycles. The van der Waals surface area contributed by atoms with Gasteiger partial charge in [-0.15, -0.1) is 0 Å². The Hall–Kier alpha value is -0.840. The van der Waals surface area contributed by atoms with Crippen LogP contribution in [0.3, 0.4) is 0 Å². The molecule has 108 valence electrons. The first-order chi connectivity index (χ1) is 9.15. The fraction of sp³-hybridized carbons (Fsp3) is 0.733. The molecule has 19 heavy (non-hydrogen) atoms. The van der Waals surface area contributed by atoms with Crippen LogP contribution < -0.4 is 11.1 Å². The average molecular weight is 266 g/mol. The molecular formula is C15H26N2O2. The van der Waals surface area contributed by atoms with E-state index in [0.29, 0.717) is 18.5 Å². The fourth-order valence-corrected chi connectivity index (χ4v) is 2.56. The normalized spacial score (nSPS) is 25.3. The molecule has 1 aliphatic rings. The summed E-state index contributed by atoms with van der Waals surface area (Å²) in [4.78, 5) is 0. The van der Waals surface area contributed by atoms with Gasteiger partial charge in [-0.2, -0.15) is 0 Å². The molecule has 0 amide bonds. The largest absolute Gasteiger partial charge is 0.464 e. The first kappa shape index (κ1) is 14.6. The fourth-order valence-electron chi connectivity index (χ4n) is 2.56. The van der Waals surface area contributed by atoms with Crippen molar-refractivity contribution in [1.82, 2.24) is 5.32 Å². The lowest BCUT2D eigenvalue weighted by Gasteiger charge is -2.20. The number of rotatable bonds is 8.